The molecule has 2 aromatic carbocycles. The van der Waals surface area contributed by atoms with Crippen molar-refractivity contribution in [3.05, 3.63) is 47.5 Å². The molecule has 112 valence electrons. The lowest BCUT2D eigenvalue weighted by molar-refractivity contribution is 0.401. The highest BCUT2D eigenvalue weighted by Crippen LogP contribution is 2.32. The van der Waals surface area contributed by atoms with Crippen molar-refractivity contribution in [2.24, 2.45) is 11.5 Å². The summed E-state index contributed by atoms with van der Waals surface area (Å²) in [6.45, 7) is 0. The third kappa shape index (κ3) is 3.36. The summed E-state index contributed by atoms with van der Waals surface area (Å²) in [5.41, 5.74) is 13.4. The van der Waals surface area contributed by atoms with Crippen molar-refractivity contribution in [2.45, 2.75) is 18.5 Å². The summed E-state index contributed by atoms with van der Waals surface area (Å²) < 4.78 is 0. The van der Waals surface area contributed by atoms with Crippen LogP contribution in [-0.4, -0.2) is 20.4 Å². The van der Waals surface area contributed by atoms with Gasteiger partial charge in [0.1, 0.15) is 0 Å². The Morgan fingerprint density at radius 3 is 1.38 bits per heavy atom. The topological polar surface area (TPSA) is 133 Å². The third-order valence-corrected chi connectivity index (χ3v) is 3.36. The Bertz CT molecular complexity index is 590. The van der Waals surface area contributed by atoms with Gasteiger partial charge in [-0.05, 0) is 41.8 Å². The van der Waals surface area contributed by atoms with Crippen molar-refractivity contribution in [2.75, 3.05) is 0 Å². The van der Waals surface area contributed by atoms with Gasteiger partial charge in [0, 0.05) is 12.1 Å². The fourth-order valence-electron chi connectivity index (χ4n) is 2.09. The lowest BCUT2D eigenvalue weighted by atomic mass is 9.95. The number of rotatable bonds is 4. The lowest BCUT2D eigenvalue weighted by Gasteiger charge is -2.18. The van der Waals surface area contributed by atoms with Crippen LogP contribution < -0.4 is 11.5 Å². The zero-order valence-electron chi connectivity index (χ0n) is 11.3. The molecule has 0 aliphatic rings. The molecule has 0 aromatic heterocycles. The zero-order chi connectivity index (χ0) is 15.6. The quantitative estimate of drug-likeness (QED) is 0.474. The molecule has 2 rings (SSSR count). The van der Waals surface area contributed by atoms with Gasteiger partial charge in [0.05, 0.1) is 0 Å². The van der Waals surface area contributed by atoms with Crippen molar-refractivity contribution < 1.29 is 20.4 Å². The van der Waals surface area contributed by atoms with Crippen LogP contribution in [-0.2, 0) is 0 Å². The average molecular weight is 290 g/mol. The molecule has 0 spiro atoms. The fourth-order valence-corrected chi connectivity index (χ4v) is 2.09. The Balaban J connectivity index is 2.12. The van der Waals surface area contributed by atoms with Gasteiger partial charge in [0.2, 0.25) is 0 Å². The first-order valence-corrected chi connectivity index (χ1v) is 6.43. The second kappa shape index (κ2) is 5.90. The number of hydrogen-bond acceptors (Lipinski definition) is 6. The molecule has 8 N–H and O–H groups in total. The summed E-state index contributed by atoms with van der Waals surface area (Å²) in [7, 11) is 0. The Labute approximate surface area is 121 Å². The number of nitrogens with two attached hydrogens (primary N) is 2. The normalized spacial score (nSPS) is 13.8. The van der Waals surface area contributed by atoms with Crippen molar-refractivity contribution in [3.8, 4) is 23.0 Å². The van der Waals surface area contributed by atoms with E-state index in [1.165, 1.54) is 24.3 Å². The third-order valence-electron chi connectivity index (χ3n) is 3.36. The minimum atomic E-state index is -0.442. The highest BCUT2D eigenvalue weighted by molar-refractivity contribution is 5.43. The van der Waals surface area contributed by atoms with E-state index < -0.39 is 12.1 Å². The van der Waals surface area contributed by atoms with E-state index in [0.717, 1.165) is 0 Å². The number of hydrogen-bond donors (Lipinski definition) is 6. The van der Waals surface area contributed by atoms with Crippen LogP contribution in [0.3, 0.4) is 0 Å². The first-order chi connectivity index (χ1) is 9.88. The number of phenols is 4. The first kappa shape index (κ1) is 15.0. The van der Waals surface area contributed by atoms with Gasteiger partial charge in [-0.2, -0.15) is 0 Å². The molecule has 0 bridgehead atoms. The van der Waals surface area contributed by atoms with E-state index in [1.807, 2.05) is 0 Å². The second-order valence-electron chi connectivity index (χ2n) is 4.94. The van der Waals surface area contributed by atoms with Gasteiger partial charge in [-0.15, -0.1) is 0 Å². The highest BCUT2D eigenvalue weighted by Gasteiger charge is 2.15. The summed E-state index contributed by atoms with van der Waals surface area (Å²) in [6, 6.07) is 7.85. The molecule has 2 aromatic rings. The smallest absolute Gasteiger partial charge is 0.157 e. The minimum Gasteiger partial charge on any atom is -0.504 e. The van der Waals surface area contributed by atoms with Crippen LogP contribution in [0.4, 0.5) is 0 Å². The van der Waals surface area contributed by atoms with E-state index >= 15 is 0 Å². The monoisotopic (exact) mass is 290 g/mol. The Morgan fingerprint density at radius 2 is 1.05 bits per heavy atom. The van der Waals surface area contributed by atoms with Crippen molar-refractivity contribution in [1.29, 1.82) is 0 Å². The Hall–Kier alpha value is -2.44. The molecule has 0 fully saturated rings. The van der Waals surface area contributed by atoms with Gasteiger partial charge in [-0.3, -0.25) is 0 Å². The predicted octanol–water partition coefficient (Wildman–Crippen LogP) is 1.60. The van der Waals surface area contributed by atoms with E-state index in [-0.39, 0.29) is 23.0 Å². The molecule has 0 saturated heterocycles. The maximum atomic E-state index is 9.47. The van der Waals surface area contributed by atoms with Gasteiger partial charge < -0.3 is 31.9 Å². The largest absolute Gasteiger partial charge is 0.504 e. The molecule has 0 amide bonds. The number of benzene rings is 2. The number of phenolic OH excluding ortho intramolecular Hbond substituents is 4. The average Bonchev–Trinajstić information content (AvgIpc) is 2.44. The standard InChI is InChI=1S/C15H18N2O4/c16-10(8-1-3-12(18)14(20)5-8)7-11(17)9-2-4-13(19)15(21)6-9/h1-6,10-11,18-21H,7,16-17H2. The molecule has 0 heterocycles. The van der Waals surface area contributed by atoms with Crippen molar-refractivity contribution in [1.82, 2.24) is 0 Å². The van der Waals surface area contributed by atoms with Gasteiger partial charge in [-0.1, -0.05) is 12.1 Å². The van der Waals surface area contributed by atoms with Crippen molar-refractivity contribution in [3.63, 3.8) is 0 Å². The SMILES string of the molecule is NC(CC(N)c1ccc(O)c(O)c1)c1ccc(O)c(O)c1. The minimum absolute atomic E-state index is 0.210. The summed E-state index contributed by atoms with van der Waals surface area (Å²) in [5.74, 6) is -0.894. The molecule has 0 aliphatic heterocycles. The van der Waals surface area contributed by atoms with Gasteiger partial charge in [0.15, 0.2) is 23.0 Å². The van der Waals surface area contributed by atoms with E-state index in [0.29, 0.717) is 17.5 Å². The zero-order valence-corrected chi connectivity index (χ0v) is 11.3. The van der Waals surface area contributed by atoms with Crippen LogP contribution >= 0.6 is 0 Å². The molecule has 2 atom stereocenters. The van der Waals surface area contributed by atoms with E-state index in [1.54, 1.807) is 12.1 Å². The molecule has 6 heteroatoms. The molecule has 21 heavy (non-hydrogen) atoms. The molecule has 0 aliphatic carbocycles. The maximum absolute atomic E-state index is 9.47. The molecule has 2 unspecified atom stereocenters. The fraction of sp³-hybridized carbons (Fsp3) is 0.200. The molecular formula is C15H18N2O4. The van der Waals surface area contributed by atoms with Crippen molar-refractivity contribution >= 4 is 0 Å². The van der Waals surface area contributed by atoms with Crippen LogP contribution in [0.1, 0.15) is 29.6 Å². The van der Waals surface area contributed by atoms with Crippen LogP contribution in [0.5, 0.6) is 23.0 Å². The van der Waals surface area contributed by atoms with Crippen LogP contribution in [0.2, 0.25) is 0 Å². The molecule has 0 saturated carbocycles. The summed E-state index contributed by atoms with van der Waals surface area (Å²) >= 11 is 0. The molecule has 0 radical (unpaired) electrons. The van der Waals surface area contributed by atoms with E-state index in [9.17, 15) is 20.4 Å². The summed E-state index contributed by atoms with van der Waals surface area (Å²) in [4.78, 5) is 0. The van der Waals surface area contributed by atoms with E-state index in [4.69, 9.17) is 11.5 Å². The Kier molecular flexibility index (Phi) is 4.21. The van der Waals surface area contributed by atoms with Gasteiger partial charge in [0.25, 0.3) is 0 Å². The molecular weight excluding hydrogens is 272 g/mol. The summed E-state index contributed by atoms with van der Waals surface area (Å²) in [6.07, 6.45) is 0.369. The molecule has 6 nitrogen and oxygen atoms in total. The first-order valence-electron chi connectivity index (χ1n) is 6.43. The van der Waals surface area contributed by atoms with Crippen LogP contribution in [0.25, 0.3) is 0 Å². The van der Waals surface area contributed by atoms with Gasteiger partial charge in [-0.25, -0.2) is 0 Å². The van der Waals surface area contributed by atoms with Crippen LogP contribution in [0, 0.1) is 0 Å². The van der Waals surface area contributed by atoms with E-state index in [2.05, 4.69) is 0 Å². The predicted molar refractivity (Wildman–Crippen MR) is 78.0 cm³/mol. The lowest BCUT2D eigenvalue weighted by Crippen LogP contribution is -2.19. The maximum Gasteiger partial charge on any atom is 0.157 e. The Morgan fingerprint density at radius 1 is 0.667 bits per heavy atom. The summed E-state index contributed by atoms with van der Waals surface area (Å²) in [5, 5.41) is 37.5. The second-order valence-corrected chi connectivity index (χ2v) is 4.94. The number of aromatic hydroxyl groups is 4. The van der Waals surface area contributed by atoms with Gasteiger partial charge >= 0.3 is 0 Å². The van der Waals surface area contributed by atoms with Crippen LogP contribution in [0.15, 0.2) is 36.4 Å². The highest BCUT2D eigenvalue weighted by atomic mass is 16.3.